The molecule has 1 fully saturated rings. The predicted octanol–water partition coefficient (Wildman–Crippen LogP) is 5.60. The molecule has 0 saturated carbocycles. The Kier molecular flexibility index (Phi) is 9.40. The number of hydrogen-bond acceptors (Lipinski definition) is 8. The van der Waals surface area contributed by atoms with Gasteiger partial charge in [0.15, 0.2) is 5.82 Å². The number of nitrogens with one attached hydrogen (secondary N) is 1. The Labute approximate surface area is 251 Å². The first-order chi connectivity index (χ1) is 18.5. The van der Waals surface area contributed by atoms with Crippen molar-refractivity contribution in [2.24, 2.45) is 5.73 Å². The summed E-state index contributed by atoms with van der Waals surface area (Å²) < 4.78 is 9.09. The number of carbonyl (C=O) groups excluding carboxylic acids is 1. The van der Waals surface area contributed by atoms with Crippen molar-refractivity contribution in [3.05, 3.63) is 71.5 Å². The second kappa shape index (κ2) is 12.6. The molecule has 2 aromatic carbocycles. The fourth-order valence-corrected chi connectivity index (χ4v) is 5.69. The minimum atomic E-state index is -0.580. The minimum absolute atomic E-state index is 0. The number of ether oxygens (including phenoxy) is 1. The fourth-order valence-electron chi connectivity index (χ4n) is 4.67. The number of nitrogens with two attached hydrogens (primary N) is 1. The summed E-state index contributed by atoms with van der Waals surface area (Å²) >= 11 is 8.26. The largest absolute Gasteiger partial charge is 0.455 e. The zero-order valence-electron chi connectivity index (χ0n) is 21.1. The van der Waals surface area contributed by atoms with Crippen LogP contribution in [0.2, 0.25) is 5.02 Å². The Morgan fingerprint density at radius 3 is 2.83 bits per heavy atom. The van der Waals surface area contributed by atoms with Gasteiger partial charge in [-0.1, -0.05) is 17.7 Å². The van der Waals surface area contributed by atoms with Crippen LogP contribution in [0.1, 0.15) is 6.42 Å². The number of rotatable bonds is 6. The van der Waals surface area contributed by atoms with Gasteiger partial charge in [0.1, 0.15) is 29.9 Å². The smallest absolute Gasteiger partial charge is 0.242 e. The third-order valence-electron chi connectivity index (χ3n) is 6.70. The lowest BCUT2D eigenvalue weighted by molar-refractivity contribution is -0.134. The Morgan fingerprint density at radius 1 is 1.18 bits per heavy atom. The maximum absolute atomic E-state index is 13.0. The number of benzene rings is 2. The summed E-state index contributed by atoms with van der Waals surface area (Å²) in [4.78, 5) is 23.5. The number of halogens is 3. The molecule has 0 aliphatic carbocycles. The van der Waals surface area contributed by atoms with Gasteiger partial charge in [0.2, 0.25) is 5.91 Å². The van der Waals surface area contributed by atoms with Crippen LogP contribution in [0.4, 0.5) is 11.5 Å². The Hall–Kier alpha value is -3.12. The maximum Gasteiger partial charge on any atom is 0.242 e. The van der Waals surface area contributed by atoms with Crippen molar-refractivity contribution in [1.29, 1.82) is 0 Å². The normalized spacial score (nSPS) is 16.8. The molecular formula is C27H27Cl3N6O3S. The highest BCUT2D eigenvalue weighted by molar-refractivity contribution is 7.17. The zero-order valence-corrected chi connectivity index (χ0v) is 24.3. The van der Waals surface area contributed by atoms with Crippen molar-refractivity contribution >= 4 is 86.3 Å². The van der Waals surface area contributed by atoms with Crippen LogP contribution in [0.15, 0.2) is 66.4 Å². The van der Waals surface area contributed by atoms with E-state index in [9.17, 15) is 9.90 Å². The molecule has 1 aliphatic rings. The van der Waals surface area contributed by atoms with Crippen molar-refractivity contribution in [1.82, 2.24) is 19.4 Å². The topological polar surface area (TPSA) is 119 Å². The first kappa shape index (κ1) is 29.9. The number of amides is 1. The molecule has 13 heteroatoms. The van der Waals surface area contributed by atoms with E-state index in [1.807, 2.05) is 52.5 Å². The number of piperidine rings is 1. The van der Waals surface area contributed by atoms with Gasteiger partial charge in [-0.05, 0) is 54.3 Å². The van der Waals surface area contributed by atoms with Crippen LogP contribution in [0.3, 0.4) is 0 Å². The molecule has 0 unspecified atom stereocenters. The third-order valence-corrected chi connectivity index (χ3v) is 7.88. The highest BCUT2D eigenvalue weighted by Crippen LogP contribution is 2.37. The van der Waals surface area contributed by atoms with Crippen molar-refractivity contribution in [3.8, 4) is 11.5 Å². The molecule has 5 aromatic rings. The van der Waals surface area contributed by atoms with Gasteiger partial charge < -0.3 is 30.4 Å². The van der Waals surface area contributed by atoms with E-state index in [2.05, 4.69) is 21.4 Å². The van der Waals surface area contributed by atoms with E-state index in [0.29, 0.717) is 52.8 Å². The van der Waals surface area contributed by atoms with E-state index in [-0.39, 0.29) is 37.3 Å². The molecule has 40 heavy (non-hydrogen) atoms. The van der Waals surface area contributed by atoms with Gasteiger partial charge in [-0.25, -0.2) is 9.97 Å². The number of nitrogens with zero attached hydrogens (tertiary/aromatic N) is 4. The molecule has 0 radical (unpaired) electrons. The van der Waals surface area contributed by atoms with Gasteiger partial charge in [0.05, 0.1) is 16.6 Å². The van der Waals surface area contributed by atoms with E-state index in [0.717, 1.165) is 15.8 Å². The second-order valence-corrected chi connectivity index (χ2v) is 10.6. The summed E-state index contributed by atoms with van der Waals surface area (Å²) in [5.74, 6) is 1.76. The molecule has 9 nitrogen and oxygen atoms in total. The number of aliphatic hydroxyl groups is 1. The standard InChI is InChI=1S/C27H25ClN6O3S.2ClH/c28-18-12-16(4-5-23(18)37-22-2-1-3-24-17(22)8-11-38-24)32-27-26-20(30-15-31-27)6-9-34(26)14-25(36)33-10-7-21(35)19(29)13-33;;/h1-6,8-9,11-12,15,19,21,35H,7,10,13-14,29H2,(H,30,31,32);2*1H/t19-,21-;;/m0../s1. The molecule has 1 amide bonds. The molecular weight excluding hydrogens is 595 g/mol. The lowest BCUT2D eigenvalue weighted by Gasteiger charge is -2.34. The van der Waals surface area contributed by atoms with Crippen molar-refractivity contribution in [3.63, 3.8) is 0 Å². The average molecular weight is 622 g/mol. The lowest BCUT2D eigenvalue weighted by Crippen LogP contribution is -2.53. The van der Waals surface area contributed by atoms with Gasteiger partial charge in [-0.15, -0.1) is 36.2 Å². The number of fused-ring (bicyclic) bond motifs is 2. The minimum Gasteiger partial charge on any atom is -0.455 e. The van der Waals surface area contributed by atoms with Crippen molar-refractivity contribution in [2.75, 3.05) is 18.4 Å². The number of aromatic nitrogens is 3. The number of thiophene rings is 1. The van der Waals surface area contributed by atoms with Gasteiger partial charge in [-0.3, -0.25) is 4.79 Å². The van der Waals surface area contributed by atoms with E-state index >= 15 is 0 Å². The molecule has 6 rings (SSSR count). The molecule has 4 N–H and O–H groups in total. The van der Waals surface area contributed by atoms with Crippen molar-refractivity contribution < 1.29 is 14.6 Å². The summed E-state index contributed by atoms with van der Waals surface area (Å²) in [5.41, 5.74) is 8.08. The fraction of sp³-hybridized carbons (Fsp3) is 0.222. The Bertz CT molecular complexity index is 1640. The number of likely N-dealkylation sites (tertiary alicyclic amines) is 1. The number of aliphatic hydroxyl groups excluding tert-OH is 1. The maximum atomic E-state index is 13.0. The molecule has 1 saturated heterocycles. The molecule has 210 valence electrons. The molecule has 1 aliphatic heterocycles. The first-order valence-corrected chi connectivity index (χ1v) is 13.4. The van der Waals surface area contributed by atoms with Crippen LogP contribution in [0.25, 0.3) is 21.1 Å². The quantitative estimate of drug-likeness (QED) is 0.226. The SMILES string of the molecule is Cl.Cl.N[C@H]1CN(C(=O)Cn2ccc3ncnc(Nc4ccc(Oc5cccc6sccc56)c(Cl)c4)c32)CC[C@@H]1O. The van der Waals surface area contributed by atoms with E-state index in [1.165, 1.54) is 6.33 Å². The monoisotopic (exact) mass is 620 g/mol. The van der Waals surface area contributed by atoms with Gasteiger partial charge >= 0.3 is 0 Å². The van der Waals surface area contributed by atoms with E-state index < -0.39 is 12.1 Å². The van der Waals surface area contributed by atoms with Crippen molar-refractivity contribution in [2.45, 2.75) is 25.1 Å². The van der Waals surface area contributed by atoms with Crippen LogP contribution in [-0.2, 0) is 11.3 Å². The summed E-state index contributed by atoms with van der Waals surface area (Å²) in [6, 6.07) is 14.8. The Balaban J connectivity index is 0.00000185. The number of anilines is 2. The van der Waals surface area contributed by atoms with Crippen LogP contribution in [0.5, 0.6) is 11.5 Å². The highest BCUT2D eigenvalue weighted by atomic mass is 35.5. The number of hydrogen-bond donors (Lipinski definition) is 3. The van der Waals surface area contributed by atoms with E-state index in [4.69, 9.17) is 22.1 Å². The van der Waals surface area contributed by atoms with E-state index in [1.54, 1.807) is 22.3 Å². The predicted molar refractivity (Wildman–Crippen MR) is 164 cm³/mol. The number of carbonyl (C=O) groups is 1. The second-order valence-electron chi connectivity index (χ2n) is 9.22. The lowest BCUT2D eigenvalue weighted by atomic mass is 10.0. The molecule has 2 atom stereocenters. The summed E-state index contributed by atoms with van der Waals surface area (Å²) in [5, 5.41) is 16.7. The highest BCUT2D eigenvalue weighted by Gasteiger charge is 2.28. The molecule has 0 bridgehead atoms. The average Bonchev–Trinajstić information content (AvgIpc) is 3.56. The molecule has 4 heterocycles. The van der Waals surface area contributed by atoms with Gasteiger partial charge in [-0.2, -0.15) is 0 Å². The summed E-state index contributed by atoms with van der Waals surface area (Å²) in [6.45, 7) is 0.910. The third kappa shape index (κ3) is 5.97. The van der Waals surface area contributed by atoms with Crippen LogP contribution >= 0.6 is 47.8 Å². The van der Waals surface area contributed by atoms with Crippen LogP contribution in [-0.4, -0.2) is 55.7 Å². The van der Waals surface area contributed by atoms with Gasteiger partial charge in [0.25, 0.3) is 0 Å². The Morgan fingerprint density at radius 2 is 2.02 bits per heavy atom. The van der Waals surface area contributed by atoms with Gasteiger partial charge in [0, 0.05) is 41.1 Å². The summed E-state index contributed by atoms with van der Waals surface area (Å²) in [6.07, 6.45) is 3.18. The van der Waals surface area contributed by atoms with Crippen LogP contribution < -0.4 is 15.8 Å². The molecule has 0 spiro atoms. The summed E-state index contributed by atoms with van der Waals surface area (Å²) in [7, 11) is 0. The van der Waals surface area contributed by atoms with Crippen LogP contribution in [0, 0.1) is 0 Å². The first-order valence-electron chi connectivity index (χ1n) is 12.2. The molecule has 3 aromatic heterocycles. The zero-order chi connectivity index (χ0) is 26.2.